The van der Waals surface area contributed by atoms with Gasteiger partial charge in [-0.2, -0.15) is 0 Å². The highest BCUT2D eigenvalue weighted by Gasteiger charge is 2.22. The molecule has 0 aliphatic carbocycles. The minimum absolute atomic E-state index is 0.438. The van der Waals surface area contributed by atoms with Crippen LogP contribution in [0.15, 0.2) is 0 Å². The molecule has 0 bridgehead atoms. The van der Waals surface area contributed by atoms with Gasteiger partial charge in [-0.15, -0.1) is 0 Å². The summed E-state index contributed by atoms with van der Waals surface area (Å²) in [7, 11) is -3.14. The van der Waals surface area contributed by atoms with Crippen LogP contribution in [-0.2, 0) is 10.0 Å². The highest BCUT2D eigenvalue weighted by Crippen LogP contribution is 2.05. The van der Waals surface area contributed by atoms with E-state index in [1.54, 1.807) is 0 Å². The topological polar surface area (TPSA) is 70.2 Å². The van der Waals surface area contributed by atoms with Gasteiger partial charge in [-0.05, 0) is 33.2 Å². The summed E-state index contributed by atoms with van der Waals surface area (Å²) in [5.74, 6) is 0. The largest absolute Gasteiger partial charge is 0.313 e. The van der Waals surface area contributed by atoms with Crippen molar-refractivity contribution in [2.24, 2.45) is 0 Å². The molecule has 1 saturated heterocycles. The van der Waals surface area contributed by atoms with Gasteiger partial charge < -0.3 is 10.6 Å². The predicted molar refractivity (Wildman–Crippen MR) is 66.0 cm³/mol. The van der Waals surface area contributed by atoms with Crippen LogP contribution in [0.25, 0.3) is 0 Å². The molecule has 1 heterocycles. The Morgan fingerprint density at radius 3 is 2.62 bits per heavy atom. The third-order valence-corrected chi connectivity index (χ3v) is 3.51. The van der Waals surface area contributed by atoms with E-state index >= 15 is 0 Å². The van der Waals surface area contributed by atoms with Crippen LogP contribution in [0.3, 0.4) is 0 Å². The molecule has 96 valence electrons. The summed E-state index contributed by atoms with van der Waals surface area (Å²) in [6, 6.07) is 0.536. The lowest BCUT2D eigenvalue weighted by atomic mass is 10.1. The quantitative estimate of drug-likeness (QED) is 0.602. The zero-order chi connectivity index (χ0) is 12.2. The first-order valence-corrected chi connectivity index (χ1v) is 7.61. The van der Waals surface area contributed by atoms with E-state index in [2.05, 4.69) is 15.4 Å². The van der Waals surface area contributed by atoms with Crippen LogP contribution in [-0.4, -0.2) is 45.9 Å². The summed E-state index contributed by atoms with van der Waals surface area (Å²) < 4.78 is 24.8. The van der Waals surface area contributed by atoms with Crippen molar-refractivity contribution < 1.29 is 8.42 Å². The van der Waals surface area contributed by atoms with Crippen molar-refractivity contribution in [1.82, 2.24) is 15.4 Å². The van der Waals surface area contributed by atoms with E-state index in [0.717, 1.165) is 13.1 Å². The molecular weight excluding hydrogens is 226 g/mol. The molecule has 1 atom stereocenters. The molecular formula is C10H23N3O2S. The van der Waals surface area contributed by atoms with Crippen molar-refractivity contribution in [1.29, 1.82) is 0 Å². The zero-order valence-corrected chi connectivity index (χ0v) is 11.2. The van der Waals surface area contributed by atoms with E-state index in [9.17, 15) is 8.42 Å². The lowest BCUT2D eigenvalue weighted by Gasteiger charge is -2.26. The molecule has 0 radical (unpaired) electrons. The molecule has 1 rings (SSSR count). The molecule has 1 fully saturated rings. The molecule has 0 aromatic rings. The molecule has 0 spiro atoms. The molecule has 1 aliphatic rings. The Morgan fingerprint density at radius 1 is 1.44 bits per heavy atom. The summed E-state index contributed by atoms with van der Waals surface area (Å²) in [6.07, 6.45) is 3.62. The van der Waals surface area contributed by atoms with Gasteiger partial charge in [0.05, 0.1) is 6.26 Å². The van der Waals surface area contributed by atoms with Gasteiger partial charge in [-0.3, -0.25) is 0 Å². The van der Waals surface area contributed by atoms with Gasteiger partial charge in [0.15, 0.2) is 0 Å². The van der Waals surface area contributed by atoms with Gasteiger partial charge in [0.25, 0.3) is 0 Å². The molecule has 0 amide bonds. The first-order valence-electron chi connectivity index (χ1n) is 5.72. The Hall–Kier alpha value is -0.170. The first-order chi connectivity index (χ1) is 7.29. The van der Waals surface area contributed by atoms with E-state index in [1.807, 2.05) is 13.8 Å². The van der Waals surface area contributed by atoms with Gasteiger partial charge in [-0.1, -0.05) is 0 Å². The summed E-state index contributed by atoms with van der Waals surface area (Å²) in [6.45, 7) is 6.39. The number of rotatable bonds is 6. The Balaban J connectivity index is 2.24. The molecule has 0 aromatic heterocycles. The molecule has 16 heavy (non-hydrogen) atoms. The van der Waals surface area contributed by atoms with Crippen LogP contribution in [0.5, 0.6) is 0 Å². The van der Waals surface area contributed by atoms with Crippen LogP contribution in [0, 0.1) is 0 Å². The van der Waals surface area contributed by atoms with Gasteiger partial charge >= 0.3 is 0 Å². The minimum Gasteiger partial charge on any atom is -0.313 e. The molecule has 3 N–H and O–H groups in total. The van der Waals surface area contributed by atoms with Crippen LogP contribution in [0.2, 0.25) is 0 Å². The van der Waals surface area contributed by atoms with Crippen LogP contribution >= 0.6 is 0 Å². The second-order valence-corrected chi connectivity index (χ2v) is 6.93. The van der Waals surface area contributed by atoms with Crippen LogP contribution in [0.4, 0.5) is 0 Å². The van der Waals surface area contributed by atoms with Gasteiger partial charge in [0.2, 0.25) is 10.0 Å². The Morgan fingerprint density at radius 2 is 2.12 bits per heavy atom. The Kier molecular flexibility index (Phi) is 4.73. The van der Waals surface area contributed by atoms with Crippen molar-refractivity contribution in [3.05, 3.63) is 0 Å². The number of sulfonamides is 1. The highest BCUT2D eigenvalue weighted by atomic mass is 32.2. The fourth-order valence-corrected chi connectivity index (χ4v) is 3.10. The van der Waals surface area contributed by atoms with E-state index < -0.39 is 15.6 Å². The van der Waals surface area contributed by atoms with Crippen LogP contribution in [0.1, 0.15) is 26.7 Å². The standard InChI is InChI=1S/C10H23N3O2S/c1-10(2,13-16(3,14)15)8-11-7-9-5-4-6-12-9/h9,11-13H,4-8H2,1-3H3. The van der Waals surface area contributed by atoms with Crippen molar-refractivity contribution in [2.45, 2.75) is 38.3 Å². The second kappa shape index (κ2) is 5.44. The van der Waals surface area contributed by atoms with E-state index in [1.165, 1.54) is 19.1 Å². The summed E-state index contributed by atoms with van der Waals surface area (Å²) in [5, 5.41) is 6.69. The zero-order valence-electron chi connectivity index (χ0n) is 10.3. The smallest absolute Gasteiger partial charge is 0.209 e. The van der Waals surface area contributed by atoms with Crippen molar-refractivity contribution in [3.63, 3.8) is 0 Å². The maximum Gasteiger partial charge on any atom is 0.209 e. The number of hydrogen-bond acceptors (Lipinski definition) is 4. The molecule has 5 nitrogen and oxygen atoms in total. The normalized spacial score (nSPS) is 22.6. The number of hydrogen-bond donors (Lipinski definition) is 3. The molecule has 6 heteroatoms. The first kappa shape index (κ1) is 13.9. The SMILES string of the molecule is CC(C)(CNCC1CCCN1)NS(C)(=O)=O. The molecule has 0 aromatic carbocycles. The molecule has 1 unspecified atom stereocenters. The Labute approximate surface area is 98.4 Å². The van der Waals surface area contributed by atoms with Crippen molar-refractivity contribution >= 4 is 10.0 Å². The summed E-state index contributed by atoms with van der Waals surface area (Å²) in [5.41, 5.74) is -0.438. The highest BCUT2D eigenvalue weighted by molar-refractivity contribution is 7.88. The average Bonchev–Trinajstić information content (AvgIpc) is 2.51. The van der Waals surface area contributed by atoms with E-state index in [0.29, 0.717) is 12.6 Å². The summed E-state index contributed by atoms with van der Waals surface area (Å²) in [4.78, 5) is 0. The van der Waals surface area contributed by atoms with Gasteiger partial charge in [0, 0.05) is 24.7 Å². The summed E-state index contributed by atoms with van der Waals surface area (Å²) >= 11 is 0. The minimum atomic E-state index is -3.14. The van der Waals surface area contributed by atoms with E-state index in [-0.39, 0.29) is 0 Å². The predicted octanol–water partition coefficient (Wildman–Crippen LogP) is -0.344. The second-order valence-electron chi connectivity index (χ2n) is 5.18. The third kappa shape index (κ3) is 5.79. The monoisotopic (exact) mass is 249 g/mol. The fraction of sp³-hybridized carbons (Fsp3) is 1.00. The van der Waals surface area contributed by atoms with Gasteiger partial charge in [-0.25, -0.2) is 13.1 Å². The number of nitrogens with one attached hydrogen (secondary N) is 3. The lowest BCUT2D eigenvalue weighted by molar-refractivity contribution is 0.407. The fourth-order valence-electron chi connectivity index (χ4n) is 2.03. The van der Waals surface area contributed by atoms with E-state index in [4.69, 9.17) is 0 Å². The lowest BCUT2D eigenvalue weighted by Crippen LogP contribution is -2.51. The average molecular weight is 249 g/mol. The maximum atomic E-state index is 11.1. The maximum absolute atomic E-state index is 11.1. The van der Waals surface area contributed by atoms with Crippen molar-refractivity contribution in [3.8, 4) is 0 Å². The van der Waals surface area contributed by atoms with Crippen molar-refractivity contribution in [2.75, 3.05) is 25.9 Å². The van der Waals surface area contributed by atoms with Gasteiger partial charge in [0.1, 0.15) is 0 Å². The molecule has 1 aliphatic heterocycles. The Bertz CT molecular complexity index is 308. The molecule has 0 saturated carbocycles. The van der Waals surface area contributed by atoms with Crippen LogP contribution < -0.4 is 15.4 Å². The third-order valence-electron chi connectivity index (χ3n) is 2.58.